The van der Waals surface area contributed by atoms with Crippen LogP contribution in [0.1, 0.15) is 6.42 Å². The van der Waals surface area contributed by atoms with Crippen molar-refractivity contribution in [2.24, 2.45) is 0 Å². The van der Waals surface area contributed by atoms with E-state index in [-0.39, 0.29) is 6.42 Å². The van der Waals surface area contributed by atoms with E-state index in [1.165, 1.54) is 23.0 Å². The number of carbonyl (C=O) groups excluding carboxylic acids is 1. The number of carbonyl (C=O) groups is 1. The smallest absolute Gasteiger partial charge is 0.329 e. The van der Waals surface area contributed by atoms with Crippen molar-refractivity contribution < 1.29 is 7.86 Å². The Labute approximate surface area is 55.0 Å². The van der Waals surface area contributed by atoms with Gasteiger partial charge in [-0.3, -0.25) is 4.79 Å². The largest absolute Gasteiger partial charge is 0.394 e. The Morgan fingerprint density at radius 2 is 2.57 bits per heavy atom. The highest BCUT2D eigenvalue weighted by Crippen LogP contribution is 1.89. The van der Waals surface area contributed by atoms with Crippen LogP contribution in [0, 0.1) is 11.3 Å². The van der Waals surface area contributed by atoms with Gasteiger partial charge in [0, 0.05) is 0 Å². The number of hydrogen-bond acceptors (Lipinski definition) is 3. The molecule has 0 bridgehead atoms. The molecule has 0 N–H and O–H groups in total. The van der Waals surface area contributed by atoms with Crippen LogP contribution < -0.4 is 0 Å². The molecule has 0 aliphatic carbocycles. The maximum atomic E-state index is 9.96. The molecule has 0 fully saturated rings. The predicted molar refractivity (Wildman–Crippen MR) is 30.3 cm³/mol. The Hall–Kier alpha value is -0.310. The molecule has 0 aromatic heterocycles. The molecule has 4 heteroatoms. The highest BCUT2D eigenvalue weighted by atomic mass is 127. The molecule has 3 nitrogen and oxygen atoms in total. The molecule has 0 atom stereocenters. The van der Waals surface area contributed by atoms with Gasteiger partial charge in [0.05, 0.1) is 6.07 Å². The molecule has 0 aromatic rings. The summed E-state index contributed by atoms with van der Waals surface area (Å²) in [6.07, 6.45) is -0.164. The molecule has 7 heavy (non-hydrogen) atoms. The Morgan fingerprint density at radius 3 is 2.71 bits per heavy atom. The summed E-state index contributed by atoms with van der Waals surface area (Å²) >= 11 is 1.44. The summed E-state index contributed by atoms with van der Waals surface area (Å²) in [5.41, 5.74) is 0. The first-order chi connectivity index (χ1) is 3.31. The first-order valence-corrected chi connectivity index (χ1v) is 2.37. The van der Waals surface area contributed by atoms with Crippen LogP contribution in [0.15, 0.2) is 0 Å². The topological polar surface area (TPSA) is 50.1 Å². The second-order valence-electron chi connectivity index (χ2n) is 0.784. The number of rotatable bonds is 1. The Morgan fingerprint density at radius 1 is 2.00 bits per heavy atom. The van der Waals surface area contributed by atoms with Crippen molar-refractivity contribution in [3.63, 3.8) is 0 Å². The molecule has 0 heterocycles. The van der Waals surface area contributed by atoms with Crippen LogP contribution in [0.5, 0.6) is 0 Å². The van der Waals surface area contributed by atoms with Crippen LogP contribution in [-0.2, 0) is 7.86 Å². The zero-order valence-corrected chi connectivity index (χ0v) is 5.51. The van der Waals surface area contributed by atoms with Gasteiger partial charge >= 0.3 is 5.97 Å². The van der Waals surface area contributed by atoms with E-state index in [9.17, 15) is 4.79 Å². The average molecular weight is 211 g/mol. The maximum absolute atomic E-state index is 9.96. The fourth-order valence-electron chi connectivity index (χ4n) is 0.0918. The van der Waals surface area contributed by atoms with Crippen molar-refractivity contribution >= 4 is 29.0 Å². The quantitative estimate of drug-likeness (QED) is 0.602. The molecule has 0 saturated heterocycles. The van der Waals surface area contributed by atoms with E-state index in [2.05, 4.69) is 3.07 Å². The summed E-state index contributed by atoms with van der Waals surface area (Å²) in [5, 5.41) is 7.81. The van der Waals surface area contributed by atoms with Gasteiger partial charge in [0.1, 0.15) is 6.42 Å². The third-order valence-electron chi connectivity index (χ3n) is 0.309. The minimum atomic E-state index is -0.497. The fraction of sp³-hybridized carbons (Fsp3) is 0.333. The molecule has 0 amide bonds. The van der Waals surface area contributed by atoms with Crippen LogP contribution in [0.4, 0.5) is 0 Å². The molecule has 0 aromatic carbocycles. The highest BCUT2D eigenvalue weighted by molar-refractivity contribution is 14.1. The molecule has 0 aliphatic heterocycles. The predicted octanol–water partition coefficient (Wildman–Crippen LogP) is 0.793. The third-order valence-corrected chi connectivity index (χ3v) is 0.801. The summed E-state index contributed by atoms with van der Waals surface area (Å²) in [6, 6.07) is 1.64. The zero-order chi connectivity index (χ0) is 5.70. The monoisotopic (exact) mass is 211 g/mol. The molecule has 0 saturated carbocycles. The van der Waals surface area contributed by atoms with Crippen LogP contribution in [-0.4, -0.2) is 5.97 Å². The molecule has 0 spiro atoms. The van der Waals surface area contributed by atoms with E-state index in [1.54, 1.807) is 6.07 Å². The minimum absolute atomic E-state index is 0.164. The van der Waals surface area contributed by atoms with E-state index in [0.29, 0.717) is 0 Å². The van der Waals surface area contributed by atoms with E-state index < -0.39 is 5.97 Å². The van der Waals surface area contributed by atoms with Crippen molar-refractivity contribution in [1.29, 1.82) is 5.26 Å². The summed E-state index contributed by atoms with van der Waals surface area (Å²) < 4.78 is 4.10. The SMILES string of the molecule is N#CCC(=O)OI. The van der Waals surface area contributed by atoms with E-state index in [1.807, 2.05) is 0 Å². The Bertz CT molecular complexity index is 106. The minimum Gasteiger partial charge on any atom is -0.394 e. The summed E-state index contributed by atoms with van der Waals surface area (Å²) in [6.45, 7) is 0. The number of nitrogens with zero attached hydrogens (tertiary/aromatic N) is 1. The molecular weight excluding hydrogens is 209 g/mol. The molecular formula is C3H2INO2. The van der Waals surface area contributed by atoms with Crippen LogP contribution in [0.2, 0.25) is 0 Å². The lowest BCUT2D eigenvalue weighted by Gasteiger charge is -1.81. The van der Waals surface area contributed by atoms with Gasteiger partial charge in [-0.05, 0) is 0 Å². The lowest BCUT2D eigenvalue weighted by molar-refractivity contribution is -0.130. The molecule has 0 aliphatic rings. The summed E-state index contributed by atoms with van der Waals surface area (Å²) in [7, 11) is 0. The number of hydrogen-bond donors (Lipinski definition) is 0. The lowest BCUT2D eigenvalue weighted by Crippen LogP contribution is -1.91. The number of halogens is 1. The second-order valence-corrected chi connectivity index (χ2v) is 1.22. The van der Waals surface area contributed by atoms with Crippen LogP contribution in [0.25, 0.3) is 0 Å². The van der Waals surface area contributed by atoms with Crippen LogP contribution in [0.3, 0.4) is 0 Å². The first kappa shape index (κ1) is 6.69. The molecule has 0 unspecified atom stereocenters. The van der Waals surface area contributed by atoms with Crippen molar-refractivity contribution in [2.45, 2.75) is 6.42 Å². The van der Waals surface area contributed by atoms with Gasteiger partial charge in [-0.25, -0.2) is 0 Å². The molecule has 0 rings (SSSR count). The second kappa shape index (κ2) is 3.87. The van der Waals surface area contributed by atoms with E-state index in [0.717, 1.165) is 0 Å². The van der Waals surface area contributed by atoms with E-state index >= 15 is 0 Å². The molecule has 0 radical (unpaired) electrons. The first-order valence-electron chi connectivity index (χ1n) is 1.49. The maximum Gasteiger partial charge on any atom is 0.329 e. The summed E-state index contributed by atoms with van der Waals surface area (Å²) in [5.74, 6) is -0.497. The van der Waals surface area contributed by atoms with Crippen molar-refractivity contribution in [2.75, 3.05) is 0 Å². The summed E-state index contributed by atoms with van der Waals surface area (Å²) in [4.78, 5) is 9.96. The molecule has 38 valence electrons. The fourth-order valence-corrected chi connectivity index (χ4v) is 0.248. The lowest BCUT2D eigenvalue weighted by atomic mass is 10.5. The van der Waals surface area contributed by atoms with Gasteiger partial charge in [0.25, 0.3) is 0 Å². The van der Waals surface area contributed by atoms with Gasteiger partial charge in [0.2, 0.25) is 0 Å². The van der Waals surface area contributed by atoms with Crippen molar-refractivity contribution in [3.05, 3.63) is 0 Å². The Kier molecular flexibility index (Phi) is 3.69. The standard InChI is InChI=1S/C3H2INO2/c4-7-3(6)1-2-5/h1H2. The van der Waals surface area contributed by atoms with E-state index in [4.69, 9.17) is 5.26 Å². The van der Waals surface area contributed by atoms with Gasteiger partial charge in [0.15, 0.2) is 23.0 Å². The van der Waals surface area contributed by atoms with Crippen molar-refractivity contribution in [3.8, 4) is 6.07 Å². The average Bonchev–Trinajstić information content (AvgIpc) is 1.68. The van der Waals surface area contributed by atoms with Crippen molar-refractivity contribution in [1.82, 2.24) is 0 Å². The third kappa shape index (κ3) is 3.52. The van der Waals surface area contributed by atoms with Crippen LogP contribution >= 0.6 is 23.0 Å². The van der Waals surface area contributed by atoms with Gasteiger partial charge < -0.3 is 3.07 Å². The number of nitriles is 1. The highest BCUT2D eigenvalue weighted by Gasteiger charge is 1.94. The van der Waals surface area contributed by atoms with Gasteiger partial charge in [-0.15, -0.1) is 0 Å². The Balaban J connectivity index is 3.23. The van der Waals surface area contributed by atoms with Gasteiger partial charge in [-0.1, -0.05) is 0 Å². The van der Waals surface area contributed by atoms with Gasteiger partial charge in [-0.2, -0.15) is 5.26 Å². The zero-order valence-electron chi connectivity index (χ0n) is 3.35. The normalized spacial score (nSPS) is 6.86.